The highest BCUT2D eigenvalue weighted by Crippen LogP contribution is 2.26. The zero-order chi connectivity index (χ0) is 15.7. The summed E-state index contributed by atoms with van der Waals surface area (Å²) in [5, 5.41) is 0. The van der Waals surface area contributed by atoms with Gasteiger partial charge in [-0.1, -0.05) is 69.7 Å². The molecule has 0 heterocycles. The van der Waals surface area contributed by atoms with Crippen LogP contribution in [-0.2, 0) is 0 Å². The van der Waals surface area contributed by atoms with E-state index < -0.39 is 0 Å². The van der Waals surface area contributed by atoms with Crippen molar-refractivity contribution in [1.29, 1.82) is 0 Å². The van der Waals surface area contributed by atoms with Crippen molar-refractivity contribution in [3.05, 3.63) is 58.7 Å². The quantitative estimate of drug-likeness (QED) is 0.545. The van der Waals surface area contributed by atoms with Gasteiger partial charge in [0.05, 0.1) is 0 Å². The molecule has 0 N–H and O–H groups in total. The minimum Gasteiger partial charge on any atom is -0.0683 e. The molecule has 0 amide bonds. The normalized spacial score (nSPS) is 9.00. The summed E-state index contributed by atoms with van der Waals surface area (Å²) < 4.78 is 0. The molecule has 20 heavy (non-hydrogen) atoms. The average Bonchev–Trinajstić information content (AvgIpc) is 2.49. The van der Waals surface area contributed by atoms with Gasteiger partial charge in [-0.05, 0) is 55.5 Å². The second-order valence-corrected chi connectivity index (χ2v) is 4.62. The fourth-order valence-electron chi connectivity index (χ4n) is 1.96. The third-order valence-corrected chi connectivity index (χ3v) is 3.21. The molecule has 0 spiro atoms. The molecule has 0 atom stereocenters. The molecule has 0 nitrogen and oxygen atoms in total. The van der Waals surface area contributed by atoms with E-state index in [4.69, 9.17) is 0 Å². The summed E-state index contributed by atoms with van der Waals surface area (Å²) in [7, 11) is 0. The van der Waals surface area contributed by atoms with Crippen LogP contribution in [0.4, 0.5) is 0 Å². The van der Waals surface area contributed by atoms with E-state index in [1.54, 1.807) is 0 Å². The monoisotopic (exact) mass is 270 g/mol. The van der Waals surface area contributed by atoms with E-state index in [-0.39, 0.29) is 0 Å². The van der Waals surface area contributed by atoms with Crippen LogP contribution < -0.4 is 0 Å². The Morgan fingerprint density at radius 1 is 0.550 bits per heavy atom. The summed E-state index contributed by atoms with van der Waals surface area (Å²) >= 11 is 0. The largest absolute Gasteiger partial charge is 0.0683 e. The molecule has 0 aliphatic rings. The summed E-state index contributed by atoms with van der Waals surface area (Å²) in [6, 6.07) is 13.3. The first-order valence-corrected chi connectivity index (χ1v) is 7.73. The molecular weight excluding hydrogens is 240 g/mol. The van der Waals surface area contributed by atoms with Gasteiger partial charge < -0.3 is 0 Å². The summed E-state index contributed by atoms with van der Waals surface area (Å²) in [6.07, 6.45) is 0. The van der Waals surface area contributed by atoms with Crippen LogP contribution in [0.2, 0.25) is 0 Å². The predicted octanol–water partition coefficient (Wildman–Crippen LogP) is 6.64. The molecular formula is C20H30. The van der Waals surface area contributed by atoms with Crippen molar-refractivity contribution in [2.75, 3.05) is 0 Å². The zero-order valence-electron chi connectivity index (χ0n) is 14.5. The number of benzene rings is 2. The van der Waals surface area contributed by atoms with Crippen LogP contribution in [0.1, 0.15) is 49.9 Å². The molecule has 110 valence electrons. The Morgan fingerprint density at radius 3 is 1.65 bits per heavy atom. The van der Waals surface area contributed by atoms with Gasteiger partial charge in [0, 0.05) is 0 Å². The Kier molecular flexibility index (Phi) is 8.63. The minimum atomic E-state index is 1.32. The lowest BCUT2D eigenvalue weighted by molar-refractivity contribution is 1.33. The lowest BCUT2D eigenvalue weighted by atomic mass is 9.96. The molecule has 0 heteroatoms. The van der Waals surface area contributed by atoms with Gasteiger partial charge in [-0.2, -0.15) is 0 Å². The second-order valence-electron chi connectivity index (χ2n) is 4.62. The smallest absolute Gasteiger partial charge is 0.0152 e. The number of hydrogen-bond donors (Lipinski definition) is 0. The molecule has 0 radical (unpaired) electrons. The SMILES string of the molecule is CC.CC.Cc1ccc(C)c(-c2ccc(C)c(C)c2)c1. The fourth-order valence-corrected chi connectivity index (χ4v) is 1.96. The molecule has 2 aromatic carbocycles. The highest BCUT2D eigenvalue weighted by Gasteiger charge is 2.03. The lowest BCUT2D eigenvalue weighted by Gasteiger charge is -2.09. The van der Waals surface area contributed by atoms with Crippen LogP contribution in [-0.4, -0.2) is 0 Å². The highest BCUT2D eigenvalue weighted by atomic mass is 14.1. The molecule has 0 unspecified atom stereocenters. The first kappa shape index (κ1) is 18.4. The van der Waals surface area contributed by atoms with Crippen molar-refractivity contribution in [3.63, 3.8) is 0 Å². The molecule has 0 fully saturated rings. The van der Waals surface area contributed by atoms with E-state index in [9.17, 15) is 0 Å². The summed E-state index contributed by atoms with van der Waals surface area (Å²) in [5.74, 6) is 0. The van der Waals surface area contributed by atoms with Crippen molar-refractivity contribution in [3.8, 4) is 11.1 Å². The Morgan fingerprint density at radius 2 is 1.10 bits per heavy atom. The van der Waals surface area contributed by atoms with Gasteiger partial charge in [0.1, 0.15) is 0 Å². The van der Waals surface area contributed by atoms with Gasteiger partial charge in [-0.15, -0.1) is 0 Å². The second kappa shape index (κ2) is 9.36. The number of rotatable bonds is 1. The first-order valence-electron chi connectivity index (χ1n) is 7.73. The van der Waals surface area contributed by atoms with Crippen LogP contribution in [0.15, 0.2) is 36.4 Å². The molecule has 0 saturated carbocycles. The maximum absolute atomic E-state index is 2.27. The maximum Gasteiger partial charge on any atom is -0.0152 e. The van der Waals surface area contributed by atoms with E-state index in [2.05, 4.69) is 64.1 Å². The van der Waals surface area contributed by atoms with Crippen LogP contribution in [0.5, 0.6) is 0 Å². The van der Waals surface area contributed by atoms with Crippen molar-refractivity contribution in [1.82, 2.24) is 0 Å². The average molecular weight is 270 g/mol. The molecule has 0 saturated heterocycles. The van der Waals surface area contributed by atoms with E-state index in [1.165, 1.54) is 33.4 Å². The number of hydrogen-bond acceptors (Lipinski definition) is 0. The van der Waals surface area contributed by atoms with E-state index in [1.807, 2.05) is 27.7 Å². The van der Waals surface area contributed by atoms with E-state index in [0.29, 0.717) is 0 Å². The zero-order valence-corrected chi connectivity index (χ0v) is 14.5. The first-order chi connectivity index (χ1) is 9.58. The van der Waals surface area contributed by atoms with Crippen LogP contribution >= 0.6 is 0 Å². The van der Waals surface area contributed by atoms with Gasteiger partial charge in [0.2, 0.25) is 0 Å². The number of aryl methyl sites for hydroxylation is 4. The van der Waals surface area contributed by atoms with Gasteiger partial charge in [0.15, 0.2) is 0 Å². The summed E-state index contributed by atoms with van der Waals surface area (Å²) in [5.41, 5.74) is 8.05. The van der Waals surface area contributed by atoms with Gasteiger partial charge in [-0.3, -0.25) is 0 Å². The van der Waals surface area contributed by atoms with Gasteiger partial charge in [0.25, 0.3) is 0 Å². The molecule has 2 rings (SSSR count). The third-order valence-electron chi connectivity index (χ3n) is 3.21. The molecule has 0 aliphatic heterocycles. The lowest BCUT2D eigenvalue weighted by Crippen LogP contribution is -1.87. The topological polar surface area (TPSA) is 0 Å². The van der Waals surface area contributed by atoms with E-state index in [0.717, 1.165) is 0 Å². The molecule has 0 aromatic heterocycles. The van der Waals surface area contributed by atoms with Gasteiger partial charge >= 0.3 is 0 Å². The fraction of sp³-hybridized carbons (Fsp3) is 0.400. The van der Waals surface area contributed by atoms with Crippen LogP contribution in [0, 0.1) is 27.7 Å². The van der Waals surface area contributed by atoms with E-state index >= 15 is 0 Å². The van der Waals surface area contributed by atoms with Crippen molar-refractivity contribution in [2.24, 2.45) is 0 Å². The standard InChI is InChI=1S/C16H18.2C2H6/c1-11-5-6-13(3)16(9-11)15-8-7-12(2)14(4)10-15;2*1-2/h5-10H,1-4H3;2*1-2H3. The Hall–Kier alpha value is -1.56. The van der Waals surface area contributed by atoms with Crippen molar-refractivity contribution < 1.29 is 0 Å². The minimum absolute atomic E-state index is 1.32. The Labute approximate surface area is 125 Å². The Balaban J connectivity index is 0.000000829. The third kappa shape index (κ3) is 4.85. The molecule has 0 bridgehead atoms. The maximum atomic E-state index is 2.27. The van der Waals surface area contributed by atoms with Crippen molar-refractivity contribution >= 4 is 0 Å². The molecule has 2 aromatic rings. The highest BCUT2D eigenvalue weighted by molar-refractivity contribution is 5.69. The van der Waals surface area contributed by atoms with Gasteiger partial charge in [-0.25, -0.2) is 0 Å². The summed E-state index contributed by atoms with van der Waals surface area (Å²) in [6.45, 7) is 16.6. The summed E-state index contributed by atoms with van der Waals surface area (Å²) in [4.78, 5) is 0. The van der Waals surface area contributed by atoms with Crippen LogP contribution in [0.3, 0.4) is 0 Å². The predicted molar refractivity (Wildman–Crippen MR) is 93.5 cm³/mol. The van der Waals surface area contributed by atoms with Crippen molar-refractivity contribution in [2.45, 2.75) is 55.4 Å². The Bertz CT molecular complexity index is 522. The van der Waals surface area contributed by atoms with Crippen LogP contribution in [0.25, 0.3) is 11.1 Å². The molecule has 0 aliphatic carbocycles.